The third kappa shape index (κ3) is 10.6. The molecule has 0 bridgehead atoms. The Labute approximate surface area is 93.6 Å². The van der Waals surface area contributed by atoms with E-state index in [1.807, 2.05) is 43.4 Å². The molecule has 0 aliphatic heterocycles. The van der Waals surface area contributed by atoms with E-state index in [4.69, 9.17) is 0 Å². The van der Waals surface area contributed by atoms with Crippen LogP contribution in [0.1, 0.15) is 27.2 Å². The molecule has 0 fully saturated rings. The molecule has 0 unspecified atom stereocenters. The van der Waals surface area contributed by atoms with E-state index in [0.29, 0.717) is 6.04 Å². The van der Waals surface area contributed by atoms with E-state index in [0.717, 1.165) is 12.1 Å². The molecule has 0 aromatic rings. The van der Waals surface area contributed by atoms with Crippen LogP contribution in [0.2, 0.25) is 0 Å². The minimum atomic E-state index is 0.367. The smallest absolute Gasteiger partial charge is 0.0446 e. The van der Waals surface area contributed by atoms with Gasteiger partial charge in [0.05, 0.1) is 0 Å². The van der Waals surface area contributed by atoms with Crippen molar-refractivity contribution in [2.24, 2.45) is 4.99 Å². The summed E-state index contributed by atoms with van der Waals surface area (Å²) in [4.78, 5) is 4.39. The van der Waals surface area contributed by atoms with E-state index in [2.05, 4.69) is 31.5 Å². The maximum Gasteiger partial charge on any atom is 0.0446 e. The topological polar surface area (TPSA) is 12.4 Å². The molecule has 0 aromatic carbocycles. The van der Waals surface area contributed by atoms with Crippen LogP contribution in [0.4, 0.5) is 0 Å². The van der Waals surface area contributed by atoms with Gasteiger partial charge in [0.25, 0.3) is 0 Å². The maximum absolute atomic E-state index is 4.39. The van der Waals surface area contributed by atoms with Crippen molar-refractivity contribution in [1.29, 1.82) is 0 Å². The molecule has 0 atom stereocenters. The minimum absolute atomic E-state index is 0.367. The Morgan fingerprint density at radius 1 is 1.20 bits per heavy atom. The molecule has 0 aromatic heterocycles. The molecular formula is C14H21N. The second-order valence-corrected chi connectivity index (χ2v) is 3.56. The molecule has 0 spiro atoms. The van der Waals surface area contributed by atoms with Crippen molar-refractivity contribution in [2.75, 3.05) is 0 Å². The molecule has 0 heterocycles. The fraction of sp³-hybridized carbons (Fsp3) is 0.357. The highest BCUT2D eigenvalue weighted by Crippen LogP contribution is 1.91. The zero-order valence-electron chi connectivity index (χ0n) is 9.98. The number of allylic oxidation sites excluding steroid dienone is 7. The average Bonchev–Trinajstić information content (AvgIpc) is 2.15. The van der Waals surface area contributed by atoms with Crippen LogP contribution in [-0.2, 0) is 0 Å². The Kier molecular flexibility index (Phi) is 8.36. The molecule has 0 saturated carbocycles. The van der Waals surface area contributed by atoms with Crippen LogP contribution in [-0.4, -0.2) is 11.8 Å². The summed E-state index contributed by atoms with van der Waals surface area (Å²) in [5.74, 6) is 0. The lowest BCUT2D eigenvalue weighted by Crippen LogP contribution is -1.93. The SMILES string of the molecule is C=CC\C=C/C=C/C=C/C(C)=N\C(C)C. The first-order valence-corrected chi connectivity index (χ1v) is 5.32. The molecule has 0 radical (unpaired) electrons. The average molecular weight is 203 g/mol. The fourth-order valence-electron chi connectivity index (χ4n) is 1.03. The number of hydrogen-bond donors (Lipinski definition) is 0. The third-order valence-electron chi connectivity index (χ3n) is 1.57. The van der Waals surface area contributed by atoms with E-state index in [-0.39, 0.29) is 0 Å². The largest absolute Gasteiger partial charge is 0.287 e. The minimum Gasteiger partial charge on any atom is -0.287 e. The predicted octanol–water partition coefficient (Wildman–Crippen LogP) is 4.10. The molecule has 0 N–H and O–H groups in total. The normalized spacial score (nSPS) is 13.7. The first-order valence-electron chi connectivity index (χ1n) is 5.32. The standard InChI is InChI=1S/C14H21N/c1-5-6-7-8-9-10-11-12-14(4)15-13(2)3/h5,7-13H,1,6H2,2-4H3/b8-7-,10-9+,12-11+,15-14-. The van der Waals surface area contributed by atoms with Gasteiger partial charge in [-0.25, -0.2) is 0 Å². The van der Waals surface area contributed by atoms with E-state index in [1.54, 1.807) is 0 Å². The molecule has 0 rings (SSSR count). The molecule has 0 saturated heterocycles. The third-order valence-corrected chi connectivity index (χ3v) is 1.57. The van der Waals surface area contributed by atoms with Gasteiger partial charge >= 0.3 is 0 Å². The van der Waals surface area contributed by atoms with Gasteiger partial charge in [0.2, 0.25) is 0 Å². The van der Waals surface area contributed by atoms with Crippen molar-refractivity contribution < 1.29 is 0 Å². The summed E-state index contributed by atoms with van der Waals surface area (Å²) in [7, 11) is 0. The van der Waals surface area contributed by atoms with Crippen LogP contribution in [0.15, 0.2) is 54.1 Å². The summed E-state index contributed by atoms with van der Waals surface area (Å²) >= 11 is 0. The molecule has 0 aliphatic carbocycles. The Balaban J connectivity index is 3.93. The zero-order valence-corrected chi connectivity index (χ0v) is 9.98. The maximum atomic E-state index is 4.39. The summed E-state index contributed by atoms with van der Waals surface area (Å²) in [5, 5.41) is 0. The summed E-state index contributed by atoms with van der Waals surface area (Å²) in [6, 6.07) is 0.367. The Morgan fingerprint density at radius 3 is 2.47 bits per heavy atom. The van der Waals surface area contributed by atoms with Gasteiger partial charge in [-0.2, -0.15) is 0 Å². The molecule has 1 nitrogen and oxygen atoms in total. The van der Waals surface area contributed by atoms with Crippen LogP contribution in [0, 0.1) is 0 Å². The lowest BCUT2D eigenvalue weighted by atomic mass is 10.3. The van der Waals surface area contributed by atoms with Crippen molar-refractivity contribution in [3.05, 3.63) is 49.1 Å². The predicted molar refractivity (Wildman–Crippen MR) is 70.5 cm³/mol. The van der Waals surface area contributed by atoms with Crippen LogP contribution in [0.3, 0.4) is 0 Å². The quantitative estimate of drug-likeness (QED) is 0.350. The van der Waals surface area contributed by atoms with Crippen LogP contribution in [0.25, 0.3) is 0 Å². The summed E-state index contributed by atoms with van der Waals surface area (Å²) < 4.78 is 0. The van der Waals surface area contributed by atoms with Gasteiger partial charge in [-0.3, -0.25) is 4.99 Å². The summed E-state index contributed by atoms with van der Waals surface area (Å²) in [6.07, 6.45) is 14.9. The molecule has 15 heavy (non-hydrogen) atoms. The first kappa shape index (κ1) is 13.6. The summed E-state index contributed by atoms with van der Waals surface area (Å²) in [6.45, 7) is 9.80. The van der Waals surface area contributed by atoms with Gasteiger partial charge in [0, 0.05) is 11.8 Å². The van der Waals surface area contributed by atoms with Gasteiger partial charge in [0.15, 0.2) is 0 Å². The zero-order chi connectivity index (χ0) is 11.5. The van der Waals surface area contributed by atoms with Gasteiger partial charge in [-0.05, 0) is 33.3 Å². The number of hydrogen-bond acceptors (Lipinski definition) is 1. The van der Waals surface area contributed by atoms with Crippen molar-refractivity contribution in [3.63, 3.8) is 0 Å². The van der Waals surface area contributed by atoms with Crippen molar-refractivity contribution in [3.8, 4) is 0 Å². The molecule has 82 valence electrons. The second kappa shape index (κ2) is 9.20. The molecule has 0 amide bonds. The highest BCUT2D eigenvalue weighted by molar-refractivity contribution is 5.93. The van der Waals surface area contributed by atoms with Crippen LogP contribution < -0.4 is 0 Å². The molecule has 0 aliphatic rings. The Bertz CT molecular complexity index is 278. The highest BCUT2D eigenvalue weighted by Gasteiger charge is 1.86. The Morgan fingerprint density at radius 2 is 1.87 bits per heavy atom. The summed E-state index contributed by atoms with van der Waals surface area (Å²) in [5.41, 5.74) is 1.06. The monoisotopic (exact) mass is 203 g/mol. The van der Waals surface area contributed by atoms with Crippen LogP contribution in [0.5, 0.6) is 0 Å². The van der Waals surface area contributed by atoms with E-state index in [9.17, 15) is 0 Å². The Hall–Kier alpha value is -1.37. The fourth-order valence-corrected chi connectivity index (χ4v) is 1.03. The van der Waals surface area contributed by atoms with Gasteiger partial charge in [0.1, 0.15) is 0 Å². The number of rotatable bonds is 6. The highest BCUT2D eigenvalue weighted by atomic mass is 14.8. The molecular weight excluding hydrogens is 182 g/mol. The number of nitrogens with zero attached hydrogens (tertiary/aromatic N) is 1. The lowest BCUT2D eigenvalue weighted by Gasteiger charge is -1.95. The van der Waals surface area contributed by atoms with E-state index < -0.39 is 0 Å². The van der Waals surface area contributed by atoms with Crippen molar-refractivity contribution >= 4 is 5.71 Å². The van der Waals surface area contributed by atoms with Crippen molar-refractivity contribution in [1.82, 2.24) is 0 Å². The number of aliphatic imine (C=N–C) groups is 1. The van der Waals surface area contributed by atoms with Crippen LogP contribution >= 0.6 is 0 Å². The van der Waals surface area contributed by atoms with Gasteiger partial charge in [-0.15, -0.1) is 6.58 Å². The van der Waals surface area contributed by atoms with Crippen molar-refractivity contribution in [2.45, 2.75) is 33.2 Å². The molecule has 1 heteroatoms. The van der Waals surface area contributed by atoms with Gasteiger partial charge in [-0.1, -0.05) is 36.5 Å². The van der Waals surface area contributed by atoms with Gasteiger partial charge < -0.3 is 0 Å². The van der Waals surface area contributed by atoms with E-state index >= 15 is 0 Å². The second-order valence-electron chi connectivity index (χ2n) is 3.56. The van der Waals surface area contributed by atoms with E-state index in [1.165, 1.54) is 0 Å². The lowest BCUT2D eigenvalue weighted by molar-refractivity contribution is 0.836. The first-order chi connectivity index (χ1) is 7.16.